The molecule has 0 saturated heterocycles. The Kier molecular flexibility index (Phi) is 4.37. The number of carbonyl (C=O) groups is 2. The van der Waals surface area contributed by atoms with Gasteiger partial charge in [-0.05, 0) is 32.9 Å². The molecule has 0 fully saturated rings. The zero-order valence-electron chi connectivity index (χ0n) is 12.4. The summed E-state index contributed by atoms with van der Waals surface area (Å²) in [5, 5.41) is 1.54. The van der Waals surface area contributed by atoms with E-state index in [9.17, 15) is 9.59 Å². The molecule has 0 amide bonds. The van der Waals surface area contributed by atoms with E-state index in [4.69, 9.17) is 16.3 Å². The van der Waals surface area contributed by atoms with Crippen molar-refractivity contribution in [1.29, 1.82) is 0 Å². The molecule has 0 atom stereocenters. The van der Waals surface area contributed by atoms with E-state index in [1.165, 1.54) is 0 Å². The fourth-order valence-electron chi connectivity index (χ4n) is 2.12. The molecule has 0 saturated carbocycles. The van der Waals surface area contributed by atoms with Crippen LogP contribution in [0.1, 0.15) is 20.8 Å². The molecule has 0 bridgehead atoms. The minimum atomic E-state index is -1.17. The fourth-order valence-corrected chi connectivity index (χ4v) is 2.41. The average molecular weight is 308 g/mol. The van der Waals surface area contributed by atoms with Crippen molar-refractivity contribution >= 4 is 34.3 Å². The van der Waals surface area contributed by atoms with Crippen LogP contribution < -0.4 is 0 Å². The number of nitrogens with zero attached hydrogens (tertiary/aromatic N) is 1. The number of ether oxygens (including phenoxy) is 1. The lowest BCUT2D eigenvalue weighted by Gasteiger charge is -2.21. The molecular weight excluding hydrogens is 290 g/mol. The Bertz CT molecular complexity index is 688. The number of esters is 1. The van der Waals surface area contributed by atoms with Gasteiger partial charge in [-0.2, -0.15) is 0 Å². The van der Waals surface area contributed by atoms with Crippen molar-refractivity contribution < 1.29 is 14.3 Å². The van der Waals surface area contributed by atoms with Crippen LogP contribution in [0.2, 0.25) is 5.02 Å². The minimum absolute atomic E-state index is 0.0824. The third kappa shape index (κ3) is 2.95. The number of hydrogen-bond acceptors (Lipinski definition) is 3. The van der Waals surface area contributed by atoms with Gasteiger partial charge in [0.2, 0.25) is 0 Å². The van der Waals surface area contributed by atoms with Crippen molar-refractivity contribution in [3.8, 4) is 0 Å². The Morgan fingerprint density at radius 1 is 1.29 bits per heavy atom. The molecule has 1 aromatic carbocycles. The summed E-state index contributed by atoms with van der Waals surface area (Å²) in [4.78, 5) is 24.3. The number of hydrogen-bond donors (Lipinski definition) is 0. The van der Waals surface area contributed by atoms with Gasteiger partial charge in [-0.15, -0.1) is 0 Å². The number of para-hydroxylation sites is 1. The van der Waals surface area contributed by atoms with Gasteiger partial charge in [-0.3, -0.25) is 9.59 Å². The third-order valence-corrected chi connectivity index (χ3v) is 3.84. The normalized spacial score (nSPS) is 11.6. The molecule has 0 aliphatic heterocycles. The lowest BCUT2D eigenvalue weighted by atomic mass is 9.88. The monoisotopic (exact) mass is 307 g/mol. The largest absolute Gasteiger partial charge is 0.465 e. The molecule has 5 heteroatoms. The summed E-state index contributed by atoms with van der Waals surface area (Å²) in [6.07, 6.45) is 1.80. The number of halogens is 1. The Hall–Kier alpha value is -1.81. The fraction of sp³-hybridized carbons (Fsp3) is 0.375. The Morgan fingerprint density at radius 2 is 2.00 bits per heavy atom. The highest BCUT2D eigenvalue weighted by molar-refractivity contribution is 6.35. The molecule has 2 rings (SSSR count). The predicted molar refractivity (Wildman–Crippen MR) is 82.4 cm³/mol. The summed E-state index contributed by atoms with van der Waals surface area (Å²) in [7, 11) is 0. The van der Waals surface area contributed by atoms with Gasteiger partial charge in [0.1, 0.15) is 5.41 Å². The molecular formula is C16H18ClNO3. The number of ketones is 1. The quantitative estimate of drug-likeness (QED) is 0.628. The maximum Gasteiger partial charge on any atom is 0.319 e. The van der Waals surface area contributed by atoms with Crippen LogP contribution >= 0.6 is 11.6 Å². The first-order chi connectivity index (χ1) is 9.87. The smallest absolute Gasteiger partial charge is 0.319 e. The van der Waals surface area contributed by atoms with Crippen LogP contribution in [-0.4, -0.2) is 22.9 Å². The van der Waals surface area contributed by atoms with Gasteiger partial charge in [-0.1, -0.05) is 23.7 Å². The van der Waals surface area contributed by atoms with Gasteiger partial charge < -0.3 is 9.30 Å². The first-order valence-corrected chi connectivity index (χ1v) is 7.19. The van der Waals surface area contributed by atoms with Gasteiger partial charge >= 0.3 is 5.97 Å². The molecule has 112 valence electrons. The topological polar surface area (TPSA) is 48.3 Å². The van der Waals surface area contributed by atoms with Gasteiger partial charge in [0.25, 0.3) is 0 Å². The van der Waals surface area contributed by atoms with E-state index in [1.807, 2.05) is 18.2 Å². The van der Waals surface area contributed by atoms with E-state index >= 15 is 0 Å². The average Bonchev–Trinajstić information content (AvgIpc) is 2.83. The Labute approximate surface area is 128 Å². The highest BCUT2D eigenvalue weighted by Crippen LogP contribution is 2.26. The standard InChI is InChI=1S/C16H18ClNO3/c1-4-21-15(20)16(2,3)13(19)10-18-9-8-11-6-5-7-12(17)14(11)18/h5-9H,4,10H2,1-3H3. The highest BCUT2D eigenvalue weighted by Gasteiger charge is 2.37. The molecule has 2 aromatic rings. The van der Waals surface area contributed by atoms with Gasteiger partial charge in [-0.25, -0.2) is 0 Å². The van der Waals surface area contributed by atoms with E-state index in [0.717, 1.165) is 10.9 Å². The highest BCUT2D eigenvalue weighted by atomic mass is 35.5. The summed E-state index contributed by atoms with van der Waals surface area (Å²) < 4.78 is 6.73. The van der Waals surface area contributed by atoms with Gasteiger partial charge in [0.05, 0.1) is 23.7 Å². The second kappa shape index (κ2) is 5.90. The SMILES string of the molecule is CCOC(=O)C(C)(C)C(=O)Cn1ccc2cccc(Cl)c21. The van der Waals surface area contributed by atoms with E-state index in [0.29, 0.717) is 5.02 Å². The molecule has 0 N–H and O–H groups in total. The second-order valence-electron chi connectivity index (χ2n) is 5.39. The van der Waals surface area contributed by atoms with Gasteiger partial charge in [0.15, 0.2) is 5.78 Å². The van der Waals surface area contributed by atoms with Gasteiger partial charge in [0, 0.05) is 11.6 Å². The van der Waals surface area contributed by atoms with Crippen LogP contribution in [-0.2, 0) is 20.9 Å². The van der Waals surface area contributed by atoms with E-state index in [1.54, 1.807) is 37.6 Å². The number of benzene rings is 1. The molecule has 0 aliphatic rings. The maximum atomic E-state index is 12.4. The first-order valence-electron chi connectivity index (χ1n) is 6.81. The maximum absolute atomic E-state index is 12.4. The first kappa shape index (κ1) is 15.6. The second-order valence-corrected chi connectivity index (χ2v) is 5.80. The van der Waals surface area contributed by atoms with E-state index < -0.39 is 11.4 Å². The van der Waals surface area contributed by atoms with Crippen LogP contribution in [0.4, 0.5) is 0 Å². The van der Waals surface area contributed by atoms with Crippen molar-refractivity contribution in [2.24, 2.45) is 5.41 Å². The van der Waals surface area contributed by atoms with E-state index in [-0.39, 0.29) is 18.9 Å². The van der Waals surface area contributed by atoms with E-state index in [2.05, 4.69) is 0 Å². The molecule has 1 aromatic heterocycles. The molecule has 0 spiro atoms. The lowest BCUT2D eigenvalue weighted by molar-refractivity contribution is -0.158. The van der Waals surface area contributed by atoms with Crippen molar-refractivity contribution in [3.05, 3.63) is 35.5 Å². The molecule has 0 radical (unpaired) electrons. The number of rotatable bonds is 5. The Morgan fingerprint density at radius 3 is 2.67 bits per heavy atom. The number of fused-ring (bicyclic) bond motifs is 1. The molecule has 21 heavy (non-hydrogen) atoms. The molecule has 0 aliphatic carbocycles. The zero-order chi connectivity index (χ0) is 15.6. The predicted octanol–water partition coefficient (Wildman–Crippen LogP) is 3.45. The van der Waals surface area contributed by atoms with Crippen molar-refractivity contribution in [3.63, 3.8) is 0 Å². The van der Waals surface area contributed by atoms with Crippen LogP contribution in [0.15, 0.2) is 30.5 Å². The molecule has 1 heterocycles. The number of carbonyl (C=O) groups excluding carboxylic acids is 2. The summed E-state index contributed by atoms with van der Waals surface area (Å²) in [6, 6.07) is 7.46. The lowest BCUT2D eigenvalue weighted by Crippen LogP contribution is -2.37. The number of Topliss-reactive ketones (excluding diaryl/α,β-unsaturated/α-hetero) is 1. The van der Waals surface area contributed by atoms with Crippen LogP contribution in [0.25, 0.3) is 10.9 Å². The zero-order valence-corrected chi connectivity index (χ0v) is 13.1. The van der Waals surface area contributed by atoms with Crippen molar-refractivity contribution in [1.82, 2.24) is 4.57 Å². The van der Waals surface area contributed by atoms with Crippen LogP contribution in [0.3, 0.4) is 0 Å². The van der Waals surface area contributed by atoms with Crippen molar-refractivity contribution in [2.45, 2.75) is 27.3 Å². The summed E-state index contributed by atoms with van der Waals surface area (Å²) in [5.74, 6) is -0.712. The van der Waals surface area contributed by atoms with Crippen LogP contribution in [0.5, 0.6) is 0 Å². The summed E-state index contributed by atoms with van der Waals surface area (Å²) in [5.41, 5.74) is -0.374. The van der Waals surface area contributed by atoms with Crippen molar-refractivity contribution in [2.75, 3.05) is 6.61 Å². The summed E-state index contributed by atoms with van der Waals surface area (Å²) in [6.45, 7) is 5.23. The molecule has 4 nitrogen and oxygen atoms in total. The number of aromatic nitrogens is 1. The molecule has 0 unspecified atom stereocenters. The Balaban J connectivity index is 2.28. The van der Waals surface area contributed by atoms with Crippen LogP contribution in [0, 0.1) is 5.41 Å². The summed E-state index contributed by atoms with van der Waals surface area (Å²) >= 11 is 6.19. The third-order valence-electron chi connectivity index (χ3n) is 3.54. The minimum Gasteiger partial charge on any atom is -0.465 e.